The fraction of sp³-hybridized carbons (Fsp3) is 0.267. The van der Waals surface area contributed by atoms with Crippen LogP contribution in [0.2, 0.25) is 0 Å². The molecule has 1 aromatic heterocycles. The number of rotatable bonds is 2. The molecule has 1 heterocycles. The highest BCUT2D eigenvalue weighted by atomic mass is 16.5. The lowest BCUT2D eigenvalue weighted by Crippen LogP contribution is -2.07. The maximum Gasteiger partial charge on any atom is 0.338 e. The zero-order valence-corrected chi connectivity index (χ0v) is 11.9. The standard InChI is InChI=1S/C15H15N3O2/c1-9-8-17-18(3)14(9)12-5-11(7-16)6-13(10(12)2)15(19)20-4/h5-6,8H,1-4H3. The zero-order chi connectivity index (χ0) is 14.9. The van der Waals surface area contributed by atoms with E-state index in [9.17, 15) is 4.79 Å². The largest absolute Gasteiger partial charge is 0.465 e. The van der Waals surface area contributed by atoms with Crippen LogP contribution in [0.5, 0.6) is 0 Å². The summed E-state index contributed by atoms with van der Waals surface area (Å²) in [4.78, 5) is 11.8. The van der Waals surface area contributed by atoms with E-state index >= 15 is 0 Å². The molecule has 0 radical (unpaired) electrons. The number of hydrogen-bond donors (Lipinski definition) is 0. The van der Waals surface area contributed by atoms with Crippen LogP contribution in [-0.4, -0.2) is 22.9 Å². The van der Waals surface area contributed by atoms with Gasteiger partial charge in [-0.2, -0.15) is 10.4 Å². The lowest BCUT2D eigenvalue weighted by molar-refractivity contribution is 0.0600. The van der Waals surface area contributed by atoms with E-state index in [0.717, 1.165) is 22.4 Å². The molecule has 0 unspecified atom stereocenters. The van der Waals surface area contributed by atoms with Crippen LogP contribution in [-0.2, 0) is 11.8 Å². The van der Waals surface area contributed by atoms with Crippen LogP contribution in [0.1, 0.15) is 27.0 Å². The number of nitrogens with zero attached hydrogens (tertiary/aromatic N) is 3. The SMILES string of the molecule is COC(=O)c1cc(C#N)cc(-c2c(C)cnn2C)c1C. The number of carbonyl (C=O) groups is 1. The van der Waals surface area contributed by atoms with Crippen LogP contribution in [0, 0.1) is 25.2 Å². The number of esters is 1. The number of benzene rings is 1. The van der Waals surface area contributed by atoms with Crippen LogP contribution >= 0.6 is 0 Å². The zero-order valence-electron chi connectivity index (χ0n) is 11.9. The summed E-state index contributed by atoms with van der Waals surface area (Å²) < 4.78 is 6.51. The molecule has 0 saturated carbocycles. The summed E-state index contributed by atoms with van der Waals surface area (Å²) in [6, 6.07) is 5.40. The van der Waals surface area contributed by atoms with Gasteiger partial charge < -0.3 is 4.74 Å². The summed E-state index contributed by atoms with van der Waals surface area (Å²) >= 11 is 0. The fourth-order valence-electron chi connectivity index (χ4n) is 2.28. The lowest BCUT2D eigenvalue weighted by atomic mass is 9.95. The molecule has 20 heavy (non-hydrogen) atoms. The van der Waals surface area contributed by atoms with Crippen molar-refractivity contribution in [3.05, 3.63) is 40.6 Å². The number of ether oxygens (including phenoxy) is 1. The summed E-state index contributed by atoms with van der Waals surface area (Å²) in [5, 5.41) is 13.3. The predicted octanol–water partition coefficient (Wildman–Crippen LogP) is 2.36. The Morgan fingerprint density at radius 1 is 1.40 bits per heavy atom. The smallest absolute Gasteiger partial charge is 0.338 e. The Morgan fingerprint density at radius 2 is 2.10 bits per heavy atom. The number of carbonyl (C=O) groups excluding carboxylic acids is 1. The van der Waals surface area contributed by atoms with Gasteiger partial charge in [-0.05, 0) is 37.1 Å². The second-order valence-electron chi connectivity index (χ2n) is 4.60. The molecule has 1 aromatic carbocycles. The highest BCUT2D eigenvalue weighted by Gasteiger charge is 2.18. The van der Waals surface area contributed by atoms with E-state index in [4.69, 9.17) is 10.00 Å². The van der Waals surface area contributed by atoms with Gasteiger partial charge in [0, 0.05) is 12.6 Å². The van der Waals surface area contributed by atoms with Gasteiger partial charge >= 0.3 is 5.97 Å². The summed E-state index contributed by atoms with van der Waals surface area (Å²) in [6.07, 6.45) is 1.76. The molecule has 2 rings (SSSR count). The van der Waals surface area contributed by atoms with Crippen molar-refractivity contribution in [1.82, 2.24) is 9.78 Å². The Labute approximate surface area is 117 Å². The number of nitriles is 1. The van der Waals surface area contributed by atoms with Crippen molar-refractivity contribution in [1.29, 1.82) is 5.26 Å². The third-order valence-corrected chi connectivity index (χ3v) is 3.32. The molecular formula is C15H15N3O2. The number of aromatic nitrogens is 2. The van der Waals surface area contributed by atoms with Gasteiger partial charge in [-0.25, -0.2) is 4.79 Å². The van der Waals surface area contributed by atoms with Crippen molar-refractivity contribution >= 4 is 5.97 Å². The van der Waals surface area contributed by atoms with Crippen LogP contribution < -0.4 is 0 Å². The molecule has 0 amide bonds. The highest BCUT2D eigenvalue weighted by Crippen LogP contribution is 2.29. The van der Waals surface area contributed by atoms with Gasteiger partial charge in [0.25, 0.3) is 0 Å². The topological polar surface area (TPSA) is 67.9 Å². The summed E-state index contributed by atoms with van der Waals surface area (Å²) in [5.41, 5.74) is 4.31. The molecule has 0 fully saturated rings. The number of methoxy groups -OCH3 is 1. The van der Waals surface area contributed by atoms with Gasteiger partial charge in [0.1, 0.15) is 0 Å². The van der Waals surface area contributed by atoms with Crippen molar-refractivity contribution in [2.75, 3.05) is 7.11 Å². The average Bonchev–Trinajstić information content (AvgIpc) is 2.78. The molecule has 0 aliphatic carbocycles. The quantitative estimate of drug-likeness (QED) is 0.785. The maximum atomic E-state index is 11.8. The van der Waals surface area contributed by atoms with E-state index in [1.54, 1.807) is 23.0 Å². The van der Waals surface area contributed by atoms with Crippen molar-refractivity contribution in [3.8, 4) is 17.3 Å². The maximum absolute atomic E-state index is 11.8. The predicted molar refractivity (Wildman–Crippen MR) is 74.2 cm³/mol. The number of aryl methyl sites for hydroxylation is 2. The fourth-order valence-corrected chi connectivity index (χ4v) is 2.28. The van der Waals surface area contributed by atoms with Gasteiger partial charge in [-0.15, -0.1) is 0 Å². The third kappa shape index (κ3) is 2.16. The summed E-state index contributed by atoms with van der Waals surface area (Å²) in [6.45, 7) is 3.79. The molecule has 0 spiro atoms. The van der Waals surface area contributed by atoms with Crippen molar-refractivity contribution in [2.45, 2.75) is 13.8 Å². The Morgan fingerprint density at radius 3 is 2.60 bits per heavy atom. The lowest BCUT2D eigenvalue weighted by Gasteiger charge is -2.12. The number of hydrogen-bond acceptors (Lipinski definition) is 4. The Bertz CT molecular complexity index is 704. The van der Waals surface area contributed by atoms with Crippen molar-refractivity contribution in [3.63, 3.8) is 0 Å². The van der Waals surface area contributed by atoms with E-state index in [2.05, 4.69) is 11.2 Å². The molecule has 0 bridgehead atoms. The minimum Gasteiger partial charge on any atom is -0.465 e. The average molecular weight is 269 g/mol. The monoisotopic (exact) mass is 269 g/mol. The Hall–Kier alpha value is -2.61. The molecule has 5 heteroatoms. The molecule has 0 aliphatic rings. The third-order valence-electron chi connectivity index (χ3n) is 3.32. The summed E-state index contributed by atoms with van der Waals surface area (Å²) in [5.74, 6) is -0.444. The van der Waals surface area contributed by atoms with E-state index in [-0.39, 0.29) is 0 Å². The molecular weight excluding hydrogens is 254 g/mol. The molecule has 0 saturated heterocycles. The minimum atomic E-state index is -0.444. The first-order chi connectivity index (χ1) is 9.49. The van der Waals surface area contributed by atoms with Crippen molar-refractivity contribution in [2.24, 2.45) is 7.05 Å². The van der Waals surface area contributed by atoms with Gasteiger partial charge in [0.2, 0.25) is 0 Å². The Kier molecular flexibility index (Phi) is 3.57. The first-order valence-corrected chi connectivity index (χ1v) is 6.11. The molecule has 0 atom stereocenters. The van der Waals surface area contributed by atoms with E-state index < -0.39 is 5.97 Å². The molecule has 0 N–H and O–H groups in total. The van der Waals surface area contributed by atoms with E-state index in [1.165, 1.54) is 7.11 Å². The van der Waals surface area contributed by atoms with Crippen molar-refractivity contribution < 1.29 is 9.53 Å². The Balaban J connectivity index is 2.77. The first-order valence-electron chi connectivity index (χ1n) is 6.11. The molecule has 5 nitrogen and oxygen atoms in total. The van der Waals surface area contributed by atoms with Crippen LogP contribution in [0.25, 0.3) is 11.3 Å². The molecule has 0 aliphatic heterocycles. The van der Waals surface area contributed by atoms with Crippen LogP contribution in [0.4, 0.5) is 0 Å². The van der Waals surface area contributed by atoms with Gasteiger partial charge in [0.05, 0.1) is 36.2 Å². The van der Waals surface area contributed by atoms with Gasteiger partial charge in [0.15, 0.2) is 0 Å². The summed E-state index contributed by atoms with van der Waals surface area (Å²) in [7, 11) is 3.16. The van der Waals surface area contributed by atoms with E-state index in [0.29, 0.717) is 11.1 Å². The first kappa shape index (κ1) is 13.8. The normalized spacial score (nSPS) is 10.2. The van der Waals surface area contributed by atoms with Crippen LogP contribution in [0.3, 0.4) is 0 Å². The highest BCUT2D eigenvalue weighted by molar-refractivity contribution is 5.94. The van der Waals surface area contributed by atoms with E-state index in [1.807, 2.05) is 20.9 Å². The second kappa shape index (κ2) is 5.17. The second-order valence-corrected chi connectivity index (χ2v) is 4.60. The van der Waals surface area contributed by atoms with Gasteiger partial charge in [-0.3, -0.25) is 4.68 Å². The minimum absolute atomic E-state index is 0.405. The molecule has 102 valence electrons. The molecule has 2 aromatic rings. The van der Waals surface area contributed by atoms with Gasteiger partial charge in [-0.1, -0.05) is 0 Å². The van der Waals surface area contributed by atoms with Crippen LogP contribution in [0.15, 0.2) is 18.3 Å².